The summed E-state index contributed by atoms with van der Waals surface area (Å²) in [6.07, 6.45) is 0. The van der Waals surface area contributed by atoms with Gasteiger partial charge in [0.25, 0.3) is 5.91 Å². The SMILES string of the molecule is CC(=O)CSc1ccccc1C(=O)OCC(=O)NCc1ccccc1. The summed E-state index contributed by atoms with van der Waals surface area (Å²) in [5, 5.41) is 2.69. The van der Waals surface area contributed by atoms with Gasteiger partial charge >= 0.3 is 5.97 Å². The van der Waals surface area contributed by atoms with Crippen LogP contribution in [0.3, 0.4) is 0 Å². The fourth-order valence-corrected chi connectivity index (χ4v) is 2.84. The molecule has 2 aromatic rings. The summed E-state index contributed by atoms with van der Waals surface area (Å²) in [6.45, 7) is 1.52. The van der Waals surface area contributed by atoms with Crippen LogP contribution in [0.2, 0.25) is 0 Å². The van der Waals surface area contributed by atoms with E-state index in [4.69, 9.17) is 4.74 Å². The van der Waals surface area contributed by atoms with Crippen LogP contribution in [-0.4, -0.2) is 30.0 Å². The highest BCUT2D eigenvalue weighted by Gasteiger charge is 2.14. The molecule has 2 aromatic carbocycles. The van der Waals surface area contributed by atoms with Crippen LogP contribution in [0.25, 0.3) is 0 Å². The Labute approximate surface area is 150 Å². The quantitative estimate of drug-likeness (QED) is 0.581. The Morgan fingerprint density at radius 2 is 1.68 bits per heavy atom. The molecule has 2 rings (SSSR count). The first-order valence-corrected chi connectivity index (χ1v) is 8.74. The standard InChI is InChI=1S/C19H19NO4S/c1-14(21)13-25-17-10-6-5-9-16(17)19(23)24-12-18(22)20-11-15-7-3-2-4-8-15/h2-10H,11-13H2,1H3,(H,20,22). The summed E-state index contributed by atoms with van der Waals surface area (Å²) in [6, 6.07) is 16.3. The number of benzene rings is 2. The van der Waals surface area contributed by atoms with E-state index >= 15 is 0 Å². The van der Waals surface area contributed by atoms with Crippen molar-refractivity contribution in [3.63, 3.8) is 0 Å². The van der Waals surface area contributed by atoms with E-state index in [1.54, 1.807) is 24.3 Å². The van der Waals surface area contributed by atoms with Crippen LogP contribution in [0.1, 0.15) is 22.8 Å². The summed E-state index contributed by atoms with van der Waals surface area (Å²) >= 11 is 1.27. The van der Waals surface area contributed by atoms with E-state index in [0.717, 1.165) is 5.56 Å². The number of Topliss-reactive ketones (excluding diaryl/α,β-unsaturated/α-hetero) is 1. The molecule has 0 atom stereocenters. The van der Waals surface area contributed by atoms with E-state index in [2.05, 4.69) is 5.32 Å². The highest BCUT2D eigenvalue weighted by molar-refractivity contribution is 8.00. The molecular formula is C19H19NO4S. The number of esters is 1. The van der Waals surface area contributed by atoms with Crippen molar-refractivity contribution in [1.82, 2.24) is 5.32 Å². The van der Waals surface area contributed by atoms with Crippen LogP contribution >= 0.6 is 11.8 Å². The molecule has 0 fully saturated rings. The fourth-order valence-electron chi connectivity index (χ4n) is 2.00. The average Bonchev–Trinajstić information content (AvgIpc) is 2.63. The molecule has 0 aliphatic heterocycles. The number of ketones is 1. The Morgan fingerprint density at radius 3 is 2.40 bits per heavy atom. The van der Waals surface area contributed by atoms with Crippen molar-refractivity contribution in [2.24, 2.45) is 0 Å². The van der Waals surface area contributed by atoms with E-state index in [9.17, 15) is 14.4 Å². The molecule has 0 unspecified atom stereocenters. The summed E-state index contributed by atoms with van der Waals surface area (Å²) < 4.78 is 5.08. The molecule has 0 saturated carbocycles. The van der Waals surface area contributed by atoms with Gasteiger partial charge in [-0.3, -0.25) is 9.59 Å². The third-order valence-corrected chi connectivity index (χ3v) is 4.42. The normalized spacial score (nSPS) is 10.1. The number of hydrogen-bond donors (Lipinski definition) is 1. The molecule has 1 N–H and O–H groups in total. The first-order valence-electron chi connectivity index (χ1n) is 7.75. The van der Waals surface area contributed by atoms with Crippen molar-refractivity contribution >= 4 is 29.4 Å². The molecular weight excluding hydrogens is 338 g/mol. The van der Waals surface area contributed by atoms with Gasteiger partial charge in [0, 0.05) is 11.4 Å². The van der Waals surface area contributed by atoms with Crippen LogP contribution in [-0.2, 0) is 20.9 Å². The van der Waals surface area contributed by atoms with Crippen molar-refractivity contribution in [3.8, 4) is 0 Å². The van der Waals surface area contributed by atoms with E-state index in [1.807, 2.05) is 30.3 Å². The first-order chi connectivity index (χ1) is 12.1. The van der Waals surface area contributed by atoms with Gasteiger partial charge in [0.2, 0.25) is 0 Å². The van der Waals surface area contributed by atoms with E-state index in [0.29, 0.717) is 17.0 Å². The molecule has 6 heteroatoms. The van der Waals surface area contributed by atoms with Crippen molar-refractivity contribution in [3.05, 3.63) is 65.7 Å². The average molecular weight is 357 g/mol. The molecule has 0 spiro atoms. The minimum atomic E-state index is -0.582. The summed E-state index contributed by atoms with van der Waals surface area (Å²) in [5.41, 5.74) is 1.32. The van der Waals surface area contributed by atoms with Crippen LogP contribution in [0.4, 0.5) is 0 Å². The first kappa shape index (κ1) is 18.7. The van der Waals surface area contributed by atoms with Crippen molar-refractivity contribution < 1.29 is 19.1 Å². The number of ether oxygens (including phenoxy) is 1. The highest BCUT2D eigenvalue weighted by Crippen LogP contribution is 2.23. The molecule has 0 bridgehead atoms. The molecule has 0 aliphatic rings. The number of nitrogens with one attached hydrogen (secondary N) is 1. The van der Waals surface area contributed by atoms with Crippen LogP contribution in [0, 0.1) is 0 Å². The Balaban J connectivity index is 1.85. The largest absolute Gasteiger partial charge is 0.452 e. The molecule has 0 heterocycles. The summed E-state index contributed by atoms with van der Waals surface area (Å²) in [7, 11) is 0. The zero-order chi connectivity index (χ0) is 18.1. The van der Waals surface area contributed by atoms with Gasteiger partial charge in [0.1, 0.15) is 5.78 Å². The third-order valence-electron chi connectivity index (χ3n) is 3.20. The van der Waals surface area contributed by atoms with Gasteiger partial charge in [0.05, 0.1) is 11.3 Å². The lowest BCUT2D eigenvalue weighted by atomic mass is 10.2. The lowest BCUT2D eigenvalue weighted by molar-refractivity contribution is -0.124. The zero-order valence-electron chi connectivity index (χ0n) is 13.9. The Kier molecular flexibility index (Phi) is 7.22. The lowest BCUT2D eigenvalue weighted by Gasteiger charge is -2.09. The highest BCUT2D eigenvalue weighted by atomic mass is 32.2. The molecule has 0 radical (unpaired) electrons. The van der Waals surface area contributed by atoms with Gasteiger partial charge in [-0.1, -0.05) is 42.5 Å². The van der Waals surface area contributed by atoms with Gasteiger partial charge in [-0.05, 0) is 24.6 Å². The Morgan fingerprint density at radius 1 is 1.00 bits per heavy atom. The molecule has 1 amide bonds. The molecule has 130 valence electrons. The number of thioether (sulfide) groups is 1. The molecule has 5 nitrogen and oxygen atoms in total. The lowest BCUT2D eigenvalue weighted by Crippen LogP contribution is -2.28. The van der Waals surface area contributed by atoms with Crippen molar-refractivity contribution in [1.29, 1.82) is 0 Å². The molecule has 25 heavy (non-hydrogen) atoms. The van der Waals surface area contributed by atoms with E-state index in [1.165, 1.54) is 18.7 Å². The minimum absolute atomic E-state index is 0.0217. The number of hydrogen-bond acceptors (Lipinski definition) is 5. The van der Waals surface area contributed by atoms with Crippen molar-refractivity contribution in [2.75, 3.05) is 12.4 Å². The van der Waals surface area contributed by atoms with Crippen LogP contribution < -0.4 is 5.32 Å². The fraction of sp³-hybridized carbons (Fsp3) is 0.211. The second-order valence-electron chi connectivity index (χ2n) is 5.33. The second-order valence-corrected chi connectivity index (χ2v) is 6.34. The van der Waals surface area contributed by atoms with Crippen LogP contribution in [0.15, 0.2) is 59.5 Å². The zero-order valence-corrected chi connectivity index (χ0v) is 14.7. The summed E-state index contributed by atoms with van der Waals surface area (Å²) in [4.78, 5) is 35.8. The monoisotopic (exact) mass is 357 g/mol. The smallest absolute Gasteiger partial charge is 0.339 e. The minimum Gasteiger partial charge on any atom is -0.452 e. The predicted molar refractivity (Wildman–Crippen MR) is 96.4 cm³/mol. The third kappa shape index (κ3) is 6.43. The number of carbonyl (C=O) groups excluding carboxylic acids is 3. The summed E-state index contributed by atoms with van der Waals surface area (Å²) in [5.74, 6) is -0.650. The van der Waals surface area contributed by atoms with Crippen molar-refractivity contribution in [2.45, 2.75) is 18.4 Å². The molecule has 0 saturated heterocycles. The topological polar surface area (TPSA) is 72.5 Å². The van der Waals surface area contributed by atoms with Gasteiger partial charge in [-0.25, -0.2) is 4.79 Å². The van der Waals surface area contributed by atoms with E-state index < -0.39 is 5.97 Å². The Hall–Kier alpha value is -2.60. The van der Waals surface area contributed by atoms with Gasteiger partial charge in [0.15, 0.2) is 6.61 Å². The van der Waals surface area contributed by atoms with Gasteiger partial charge in [-0.15, -0.1) is 11.8 Å². The molecule has 0 aliphatic carbocycles. The number of amides is 1. The predicted octanol–water partition coefficient (Wildman–Crippen LogP) is 2.84. The number of carbonyl (C=O) groups is 3. The van der Waals surface area contributed by atoms with Gasteiger partial charge in [-0.2, -0.15) is 0 Å². The molecule has 0 aromatic heterocycles. The Bertz CT molecular complexity index is 746. The van der Waals surface area contributed by atoms with Gasteiger partial charge < -0.3 is 10.1 Å². The van der Waals surface area contributed by atoms with Crippen LogP contribution in [0.5, 0.6) is 0 Å². The maximum atomic E-state index is 12.2. The van der Waals surface area contributed by atoms with E-state index in [-0.39, 0.29) is 24.1 Å². The second kappa shape index (κ2) is 9.64. The maximum absolute atomic E-state index is 12.2. The maximum Gasteiger partial charge on any atom is 0.339 e. The number of rotatable bonds is 8.